The van der Waals surface area contributed by atoms with Crippen molar-refractivity contribution in [3.8, 4) is 0 Å². The van der Waals surface area contributed by atoms with E-state index in [1.165, 1.54) is 11.1 Å². The number of hydrogen-bond acceptors (Lipinski definition) is 0. The molecule has 2 heteroatoms. The lowest BCUT2D eigenvalue weighted by Gasteiger charge is -2.21. The molecule has 2 aromatic rings. The van der Waals surface area contributed by atoms with Crippen molar-refractivity contribution in [1.29, 1.82) is 0 Å². The molecule has 0 spiro atoms. The van der Waals surface area contributed by atoms with Gasteiger partial charge in [-0.25, -0.2) is 0 Å². The molecule has 0 heterocycles. The molecule has 0 bridgehead atoms. The zero-order valence-electron chi connectivity index (χ0n) is 10.5. The fraction of sp³-hybridized carbons (Fsp3) is 0.250. The Morgan fingerprint density at radius 2 is 0.889 bits per heavy atom. The molecule has 0 nitrogen and oxygen atoms in total. The molecule has 0 aliphatic rings. The van der Waals surface area contributed by atoms with Gasteiger partial charge in [0.15, 0.2) is 0 Å². The van der Waals surface area contributed by atoms with Crippen molar-refractivity contribution < 1.29 is 0 Å². The minimum Gasteiger partial charge on any atom is -0.0843 e. The van der Waals surface area contributed by atoms with Gasteiger partial charge >= 0.3 is 0 Å². The largest absolute Gasteiger partial charge is 0.0843 e. The molecule has 0 saturated carbocycles. The summed E-state index contributed by atoms with van der Waals surface area (Å²) in [5.41, 5.74) is 2.61. The normalized spacial score (nSPS) is 14.2. The molecule has 0 aliphatic carbocycles. The molecular formula is C16H16Cl2. The average molecular weight is 279 g/mol. The molecule has 18 heavy (non-hydrogen) atoms. The molecule has 2 rings (SSSR count). The molecule has 0 aromatic heterocycles. The first-order valence-electron chi connectivity index (χ1n) is 6.09. The molecule has 0 amide bonds. The van der Waals surface area contributed by atoms with E-state index in [4.69, 9.17) is 23.2 Å². The van der Waals surface area contributed by atoms with Crippen LogP contribution in [0.25, 0.3) is 0 Å². The van der Waals surface area contributed by atoms with Gasteiger partial charge in [0.1, 0.15) is 0 Å². The van der Waals surface area contributed by atoms with Gasteiger partial charge in [0.05, 0.1) is 0 Å². The van der Waals surface area contributed by atoms with Crippen LogP contribution in [-0.4, -0.2) is 0 Å². The molecule has 0 fully saturated rings. The lowest BCUT2D eigenvalue weighted by molar-refractivity contribution is 0.624. The van der Waals surface area contributed by atoms with Crippen LogP contribution in [0.5, 0.6) is 0 Å². The summed E-state index contributed by atoms with van der Waals surface area (Å²) in [4.78, 5) is 0. The van der Waals surface area contributed by atoms with Gasteiger partial charge in [-0.15, -0.1) is 0 Å². The van der Waals surface area contributed by atoms with Gasteiger partial charge in [-0.05, 0) is 47.2 Å². The maximum absolute atomic E-state index is 5.92. The van der Waals surface area contributed by atoms with Crippen molar-refractivity contribution in [2.24, 2.45) is 0 Å². The van der Waals surface area contributed by atoms with Crippen LogP contribution in [0.1, 0.15) is 36.8 Å². The van der Waals surface area contributed by atoms with E-state index < -0.39 is 0 Å². The van der Waals surface area contributed by atoms with Crippen molar-refractivity contribution in [2.75, 3.05) is 0 Å². The third-order valence-electron chi connectivity index (χ3n) is 3.54. The lowest BCUT2D eigenvalue weighted by atomic mass is 9.84. The van der Waals surface area contributed by atoms with Gasteiger partial charge in [0.25, 0.3) is 0 Å². The standard InChI is InChI=1S/C16H16Cl2/c1-11(13-3-7-15(17)8-4-13)12(2)14-5-9-16(18)10-6-14/h3-12H,1-2H3/t11-,12-/m1/s1. The first kappa shape index (κ1) is 13.5. The van der Waals surface area contributed by atoms with Crippen LogP contribution in [0, 0.1) is 0 Å². The van der Waals surface area contributed by atoms with E-state index in [9.17, 15) is 0 Å². The molecule has 2 atom stereocenters. The predicted octanol–water partition coefficient (Wildman–Crippen LogP) is 5.90. The van der Waals surface area contributed by atoms with Crippen molar-refractivity contribution in [1.82, 2.24) is 0 Å². The molecule has 0 radical (unpaired) electrons. The molecular weight excluding hydrogens is 263 g/mol. The Labute approximate surface area is 119 Å². The van der Waals surface area contributed by atoms with E-state index in [0.717, 1.165) is 10.0 Å². The number of benzene rings is 2. The first-order valence-corrected chi connectivity index (χ1v) is 6.84. The van der Waals surface area contributed by atoms with E-state index in [0.29, 0.717) is 11.8 Å². The highest BCUT2D eigenvalue weighted by atomic mass is 35.5. The maximum Gasteiger partial charge on any atom is 0.0406 e. The second-order valence-corrected chi connectivity index (χ2v) is 5.55. The van der Waals surface area contributed by atoms with E-state index in [-0.39, 0.29) is 0 Å². The Kier molecular flexibility index (Phi) is 4.31. The van der Waals surface area contributed by atoms with Crippen LogP contribution < -0.4 is 0 Å². The Bertz CT molecular complexity index is 450. The first-order chi connectivity index (χ1) is 8.58. The second kappa shape index (κ2) is 5.77. The van der Waals surface area contributed by atoms with Gasteiger partial charge in [0.2, 0.25) is 0 Å². The summed E-state index contributed by atoms with van der Waals surface area (Å²) in [7, 11) is 0. The van der Waals surface area contributed by atoms with E-state index >= 15 is 0 Å². The molecule has 0 unspecified atom stereocenters. The molecule has 0 saturated heterocycles. The monoisotopic (exact) mass is 278 g/mol. The molecule has 2 aromatic carbocycles. The lowest BCUT2D eigenvalue weighted by Crippen LogP contribution is -2.04. The summed E-state index contributed by atoms with van der Waals surface area (Å²) in [5.74, 6) is 0.895. The van der Waals surface area contributed by atoms with Crippen LogP contribution in [0.2, 0.25) is 10.0 Å². The molecule has 94 valence electrons. The van der Waals surface area contributed by atoms with Crippen LogP contribution >= 0.6 is 23.2 Å². The number of halogens is 2. The summed E-state index contributed by atoms with van der Waals surface area (Å²) >= 11 is 11.8. The molecule has 0 N–H and O–H groups in total. The van der Waals surface area contributed by atoms with Gasteiger partial charge in [-0.1, -0.05) is 61.3 Å². The van der Waals surface area contributed by atoms with Crippen LogP contribution in [0.3, 0.4) is 0 Å². The number of hydrogen-bond donors (Lipinski definition) is 0. The third kappa shape index (κ3) is 3.07. The average Bonchev–Trinajstić information content (AvgIpc) is 2.39. The highest BCUT2D eigenvalue weighted by molar-refractivity contribution is 6.30. The summed E-state index contributed by atoms with van der Waals surface area (Å²) in [6, 6.07) is 16.2. The van der Waals surface area contributed by atoms with Gasteiger partial charge < -0.3 is 0 Å². The van der Waals surface area contributed by atoms with Gasteiger partial charge in [-0.3, -0.25) is 0 Å². The maximum atomic E-state index is 5.92. The van der Waals surface area contributed by atoms with Gasteiger partial charge in [0, 0.05) is 10.0 Å². The predicted molar refractivity (Wildman–Crippen MR) is 79.7 cm³/mol. The summed E-state index contributed by atoms with van der Waals surface area (Å²) in [6.07, 6.45) is 0. The highest BCUT2D eigenvalue weighted by Crippen LogP contribution is 2.33. The fourth-order valence-corrected chi connectivity index (χ4v) is 2.36. The Morgan fingerprint density at radius 3 is 1.17 bits per heavy atom. The van der Waals surface area contributed by atoms with Crippen molar-refractivity contribution >= 4 is 23.2 Å². The van der Waals surface area contributed by atoms with E-state index in [2.05, 4.69) is 38.1 Å². The Morgan fingerprint density at radius 1 is 0.611 bits per heavy atom. The Hall–Kier alpha value is -0.980. The summed E-state index contributed by atoms with van der Waals surface area (Å²) in [6.45, 7) is 4.48. The minimum absolute atomic E-state index is 0.448. The summed E-state index contributed by atoms with van der Waals surface area (Å²) in [5, 5.41) is 1.56. The SMILES string of the molecule is C[C@@H](c1ccc(Cl)cc1)[C@@H](C)c1ccc(Cl)cc1. The third-order valence-corrected chi connectivity index (χ3v) is 4.05. The zero-order chi connectivity index (χ0) is 13.1. The smallest absolute Gasteiger partial charge is 0.0406 e. The van der Waals surface area contributed by atoms with Crippen molar-refractivity contribution in [2.45, 2.75) is 25.7 Å². The molecule has 0 aliphatic heterocycles. The highest BCUT2D eigenvalue weighted by Gasteiger charge is 2.16. The second-order valence-electron chi connectivity index (χ2n) is 4.68. The zero-order valence-corrected chi connectivity index (χ0v) is 12.0. The van der Waals surface area contributed by atoms with Crippen LogP contribution in [0.4, 0.5) is 0 Å². The summed E-state index contributed by atoms with van der Waals surface area (Å²) < 4.78 is 0. The van der Waals surface area contributed by atoms with Crippen LogP contribution in [-0.2, 0) is 0 Å². The minimum atomic E-state index is 0.448. The topological polar surface area (TPSA) is 0 Å². The van der Waals surface area contributed by atoms with E-state index in [1.54, 1.807) is 0 Å². The van der Waals surface area contributed by atoms with Crippen molar-refractivity contribution in [3.63, 3.8) is 0 Å². The van der Waals surface area contributed by atoms with E-state index in [1.807, 2.05) is 24.3 Å². The fourth-order valence-electron chi connectivity index (χ4n) is 2.11. The Balaban J connectivity index is 2.20. The van der Waals surface area contributed by atoms with Crippen LogP contribution in [0.15, 0.2) is 48.5 Å². The van der Waals surface area contributed by atoms with Gasteiger partial charge in [-0.2, -0.15) is 0 Å². The number of rotatable bonds is 3. The quantitative estimate of drug-likeness (QED) is 0.656. The van der Waals surface area contributed by atoms with Crippen molar-refractivity contribution in [3.05, 3.63) is 69.7 Å².